The van der Waals surface area contributed by atoms with Gasteiger partial charge in [0.15, 0.2) is 0 Å². The van der Waals surface area contributed by atoms with Crippen LogP contribution in [-0.2, 0) is 6.54 Å². The predicted molar refractivity (Wildman–Crippen MR) is 73.8 cm³/mol. The standard InChI is InChI=1S/C14H16BrNO/c1-2-9-16-10-11-7-8-14(17-11)12-5-3-4-6-13(12)15/h3-8,16H,2,9-10H2,1H3. The second-order valence-corrected chi connectivity index (χ2v) is 4.78. The summed E-state index contributed by atoms with van der Waals surface area (Å²) in [6, 6.07) is 12.1. The van der Waals surface area contributed by atoms with E-state index < -0.39 is 0 Å². The Morgan fingerprint density at radius 3 is 2.76 bits per heavy atom. The van der Waals surface area contributed by atoms with Gasteiger partial charge in [0.25, 0.3) is 0 Å². The monoisotopic (exact) mass is 293 g/mol. The van der Waals surface area contributed by atoms with Gasteiger partial charge in [-0.25, -0.2) is 0 Å². The molecule has 0 aliphatic carbocycles. The number of hydrogen-bond donors (Lipinski definition) is 1. The molecule has 1 aromatic heterocycles. The molecule has 0 aliphatic heterocycles. The molecule has 3 heteroatoms. The average Bonchev–Trinajstić information content (AvgIpc) is 2.79. The number of halogens is 1. The van der Waals surface area contributed by atoms with Gasteiger partial charge in [-0.1, -0.05) is 41.1 Å². The molecule has 17 heavy (non-hydrogen) atoms. The Hall–Kier alpha value is -1.06. The quantitative estimate of drug-likeness (QED) is 0.836. The summed E-state index contributed by atoms with van der Waals surface area (Å²) in [5.41, 5.74) is 1.09. The van der Waals surface area contributed by atoms with Crippen LogP contribution in [0.1, 0.15) is 19.1 Å². The zero-order valence-electron chi connectivity index (χ0n) is 9.87. The Labute approximate surface area is 110 Å². The summed E-state index contributed by atoms with van der Waals surface area (Å²) >= 11 is 3.53. The van der Waals surface area contributed by atoms with Crippen molar-refractivity contribution >= 4 is 15.9 Å². The lowest BCUT2D eigenvalue weighted by molar-refractivity contribution is 0.493. The van der Waals surface area contributed by atoms with Crippen molar-refractivity contribution in [2.24, 2.45) is 0 Å². The van der Waals surface area contributed by atoms with E-state index in [1.165, 1.54) is 0 Å². The number of benzene rings is 1. The van der Waals surface area contributed by atoms with Gasteiger partial charge < -0.3 is 9.73 Å². The van der Waals surface area contributed by atoms with Gasteiger partial charge >= 0.3 is 0 Å². The molecule has 1 aromatic carbocycles. The third kappa shape index (κ3) is 3.20. The number of furan rings is 1. The topological polar surface area (TPSA) is 25.2 Å². The summed E-state index contributed by atoms with van der Waals surface area (Å²) in [5, 5.41) is 3.33. The minimum absolute atomic E-state index is 0.790. The zero-order valence-corrected chi connectivity index (χ0v) is 11.5. The highest BCUT2D eigenvalue weighted by Crippen LogP contribution is 2.29. The molecule has 0 spiro atoms. The van der Waals surface area contributed by atoms with Crippen LogP contribution in [0.4, 0.5) is 0 Å². The predicted octanol–water partition coefficient (Wildman–Crippen LogP) is 4.21. The molecule has 1 heterocycles. The second kappa shape index (κ2) is 6.03. The Bertz CT molecular complexity index is 479. The van der Waals surface area contributed by atoms with E-state index in [1.54, 1.807) is 0 Å². The Morgan fingerprint density at radius 1 is 1.18 bits per heavy atom. The van der Waals surface area contributed by atoms with Crippen LogP contribution in [0.2, 0.25) is 0 Å². The van der Waals surface area contributed by atoms with Crippen molar-refractivity contribution < 1.29 is 4.42 Å². The molecule has 0 amide bonds. The van der Waals surface area contributed by atoms with Crippen LogP contribution >= 0.6 is 15.9 Å². The van der Waals surface area contributed by atoms with Crippen LogP contribution in [0.3, 0.4) is 0 Å². The maximum atomic E-state index is 5.80. The van der Waals surface area contributed by atoms with Gasteiger partial charge in [0.2, 0.25) is 0 Å². The first-order valence-corrected chi connectivity index (χ1v) is 6.65. The van der Waals surface area contributed by atoms with E-state index in [-0.39, 0.29) is 0 Å². The highest BCUT2D eigenvalue weighted by atomic mass is 79.9. The fourth-order valence-corrected chi connectivity index (χ4v) is 2.15. The SMILES string of the molecule is CCCNCc1ccc(-c2ccccc2Br)o1. The number of nitrogens with one attached hydrogen (secondary N) is 1. The minimum Gasteiger partial charge on any atom is -0.460 e. The zero-order chi connectivity index (χ0) is 12.1. The van der Waals surface area contributed by atoms with E-state index >= 15 is 0 Å². The molecule has 1 N–H and O–H groups in total. The van der Waals surface area contributed by atoms with E-state index in [9.17, 15) is 0 Å². The van der Waals surface area contributed by atoms with Gasteiger partial charge in [-0.15, -0.1) is 0 Å². The first-order valence-electron chi connectivity index (χ1n) is 5.85. The number of hydrogen-bond acceptors (Lipinski definition) is 2. The summed E-state index contributed by atoms with van der Waals surface area (Å²) in [4.78, 5) is 0. The van der Waals surface area contributed by atoms with Gasteiger partial charge in [0.05, 0.1) is 6.54 Å². The van der Waals surface area contributed by atoms with Crippen molar-refractivity contribution in [3.05, 3.63) is 46.6 Å². The second-order valence-electron chi connectivity index (χ2n) is 3.92. The van der Waals surface area contributed by atoms with Gasteiger partial charge in [-0.05, 0) is 31.2 Å². The summed E-state index contributed by atoms with van der Waals surface area (Å²) in [7, 11) is 0. The molecule has 2 aromatic rings. The Kier molecular flexibility index (Phi) is 4.40. The molecule has 90 valence electrons. The van der Waals surface area contributed by atoms with Crippen LogP contribution in [0.5, 0.6) is 0 Å². The van der Waals surface area contributed by atoms with Gasteiger partial charge in [-0.2, -0.15) is 0 Å². The Balaban J connectivity index is 2.10. The van der Waals surface area contributed by atoms with Crippen molar-refractivity contribution in [2.75, 3.05) is 6.54 Å². The maximum Gasteiger partial charge on any atom is 0.135 e. The molecule has 0 aliphatic rings. The van der Waals surface area contributed by atoms with E-state index in [1.807, 2.05) is 36.4 Å². The smallest absolute Gasteiger partial charge is 0.135 e. The van der Waals surface area contributed by atoms with Crippen molar-refractivity contribution in [1.29, 1.82) is 0 Å². The van der Waals surface area contributed by atoms with E-state index in [2.05, 4.69) is 28.2 Å². The first-order chi connectivity index (χ1) is 8.31. The minimum atomic E-state index is 0.790. The molecule has 0 fully saturated rings. The molecular weight excluding hydrogens is 278 g/mol. The highest BCUT2D eigenvalue weighted by molar-refractivity contribution is 9.10. The molecule has 0 saturated heterocycles. The fourth-order valence-electron chi connectivity index (χ4n) is 1.67. The van der Waals surface area contributed by atoms with Crippen LogP contribution in [-0.4, -0.2) is 6.54 Å². The average molecular weight is 294 g/mol. The molecule has 0 atom stereocenters. The fraction of sp³-hybridized carbons (Fsp3) is 0.286. The van der Waals surface area contributed by atoms with Crippen molar-refractivity contribution in [3.63, 3.8) is 0 Å². The van der Waals surface area contributed by atoms with Crippen molar-refractivity contribution in [3.8, 4) is 11.3 Å². The van der Waals surface area contributed by atoms with Crippen LogP contribution in [0.25, 0.3) is 11.3 Å². The summed E-state index contributed by atoms with van der Waals surface area (Å²) < 4.78 is 6.86. The Morgan fingerprint density at radius 2 is 2.00 bits per heavy atom. The molecule has 0 radical (unpaired) electrons. The molecule has 0 bridgehead atoms. The first kappa shape index (κ1) is 12.4. The third-order valence-electron chi connectivity index (χ3n) is 2.53. The van der Waals surface area contributed by atoms with Crippen molar-refractivity contribution in [1.82, 2.24) is 5.32 Å². The van der Waals surface area contributed by atoms with Crippen molar-refractivity contribution in [2.45, 2.75) is 19.9 Å². The van der Waals surface area contributed by atoms with E-state index in [0.29, 0.717) is 0 Å². The lowest BCUT2D eigenvalue weighted by Crippen LogP contribution is -2.12. The van der Waals surface area contributed by atoms with Gasteiger partial charge in [0, 0.05) is 10.0 Å². The largest absolute Gasteiger partial charge is 0.460 e. The third-order valence-corrected chi connectivity index (χ3v) is 3.22. The maximum absolute atomic E-state index is 5.80. The molecular formula is C14H16BrNO. The molecule has 2 nitrogen and oxygen atoms in total. The summed E-state index contributed by atoms with van der Waals surface area (Å²) in [6.07, 6.45) is 1.14. The van der Waals surface area contributed by atoms with E-state index in [4.69, 9.17) is 4.42 Å². The molecule has 0 unspecified atom stereocenters. The highest BCUT2D eigenvalue weighted by Gasteiger charge is 2.07. The normalized spacial score (nSPS) is 10.7. The lowest BCUT2D eigenvalue weighted by Gasteiger charge is -2.01. The van der Waals surface area contributed by atoms with E-state index in [0.717, 1.165) is 41.1 Å². The molecule has 0 saturated carbocycles. The van der Waals surface area contributed by atoms with Crippen LogP contribution in [0.15, 0.2) is 45.3 Å². The van der Waals surface area contributed by atoms with Gasteiger partial charge in [-0.3, -0.25) is 0 Å². The van der Waals surface area contributed by atoms with Gasteiger partial charge in [0.1, 0.15) is 11.5 Å². The van der Waals surface area contributed by atoms with Crippen LogP contribution in [0, 0.1) is 0 Å². The number of rotatable bonds is 5. The summed E-state index contributed by atoms with van der Waals surface area (Å²) in [5.74, 6) is 1.88. The van der Waals surface area contributed by atoms with Crippen LogP contribution < -0.4 is 5.32 Å². The summed E-state index contributed by atoms with van der Waals surface area (Å²) in [6.45, 7) is 3.96. The molecule has 2 rings (SSSR count). The lowest BCUT2D eigenvalue weighted by atomic mass is 10.2.